The Morgan fingerprint density at radius 1 is 1.05 bits per heavy atom. The molecule has 0 aliphatic carbocycles. The van der Waals surface area contributed by atoms with E-state index in [1.165, 1.54) is 18.2 Å². The zero-order valence-electron chi connectivity index (χ0n) is 11.4. The molecule has 0 radical (unpaired) electrons. The van der Waals surface area contributed by atoms with Crippen LogP contribution in [-0.4, -0.2) is 13.0 Å². The first kappa shape index (κ1) is 14.5. The predicted octanol–water partition coefficient (Wildman–Crippen LogP) is 3.14. The highest BCUT2D eigenvalue weighted by Crippen LogP contribution is 2.23. The minimum atomic E-state index is -0.329. The van der Waals surface area contributed by atoms with Crippen molar-refractivity contribution < 1.29 is 9.18 Å². The Bertz CT molecular complexity index is 710. The van der Waals surface area contributed by atoms with Gasteiger partial charge in [0.1, 0.15) is 5.82 Å². The molecule has 1 N–H and O–H groups in total. The van der Waals surface area contributed by atoms with Crippen LogP contribution in [0.25, 0.3) is 5.57 Å². The summed E-state index contributed by atoms with van der Waals surface area (Å²) in [6.45, 7) is 0. The average Bonchev–Trinajstić information content (AvgIpc) is 2.53. The molecule has 1 amide bonds. The van der Waals surface area contributed by atoms with Crippen LogP contribution in [0.15, 0.2) is 54.6 Å². The number of nitrogens with one attached hydrogen (secondary N) is 1. The first-order valence-electron chi connectivity index (χ1n) is 6.34. The van der Waals surface area contributed by atoms with E-state index in [1.54, 1.807) is 43.4 Å². The molecule has 2 rings (SSSR count). The number of nitriles is 1. The van der Waals surface area contributed by atoms with Gasteiger partial charge in [0.2, 0.25) is 0 Å². The molecule has 2 aromatic rings. The molecule has 0 unspecified atom stereocenters. The minimum Gasteiger partial charge on any atom is -0.355 e. The fourth-order valence-corrected chi connectivity index (χ4v) is 1.97. The third-order valence-corrected chi connectivity index (χ3v) is 3.05. The Balaban J connectivity index is 2.40. The average molecular weight is 280 g/mol. The van der Waals surface area contributed by atoms with E-state index < -0.39 is 0 Å². The van der Waals surface area contributed by atoms with E-state index >= 15 is 0 Å². The number of allylic oxidation sites excluding steroid dienone is 1. The van der Waals surface area contributed by atoms with Crippen LogP contribution in [0.2, 0.25) is 0 Å². The molecule has 0 spiro atoms. The normalized spacial score (nSPS) is 10.8. The van der Waals surface area contributed by atoms with E-state index in [9.17, 15) is 9.18 Å². The van der Waals surface area contributed by atoms with E-state index in [4.69, 9.17) is 5.26 Å². The third kappa shape index (κ3) is 3.34. The summed E-state index contributed by atoms with van der Waals surface area (Å²) in [6.07, 6.45) is 1.40. The lowest BCUT2D eigenvalue weighted by Crippen LogP contribution is -2.17. The summed E-state index contributed by atoms with van der Waals surface area (Å²) in [5.41, 5.74) is 2.75. The van der Waals surface area contributed by atoms with Gasteiger partial charge >= 0.3 is 0 Å². The van der Waals surface area contributed by atoms with Crippen molar-refractivity contribution in [2.24, 2.45) is 0 Å². The quantitative estimate of drug-likeness (QED) is 0.878. The summed E-state index contributed by atoms with van der Waals surface area (Å²) in [5, 5.41) is 11.5. The van der Waals surface area contributed by atoms with Crippen LogP contribution >= 0.6 is 0 Å². The maximum atomic E-state index is 13.0. The summed E-state index contributed by atoms with van der Waals surface area (Å²) < 4.78 is 13.0. The number of hydrogen-bond donors (Lipinski definition) is 1. The summed E-state index contributed by atoms with van der Waals surface area (Å²) in [5.74, 6) is -0.501. The molecule has 0 fully saturated rings. The highest BCUT2D eigenvalue weighted by Gasteiger charge is 2.07. The van der Waals surface area contributed by atoms with Crippen LogP contribution in [-0.2, 0) is 0 Å². The molecular weight excluding hydrogens is 267 g/mol. The summed E-state index contributed by atoms with van der Waals surface area (Å²) in [7, 11) is 1.57. The van der Waals surface area contributed by atoms with Crippen molar-refractivity contribution in [1.29, 1.82) is 5.26 Å². The monoisotopic (exact) mass is 280 g/mol. The van der Waals surface area contributed by atoms with E-state index in [1.807, 2.05) is 6.07 Å². The number of amides is 1. The second kappa shape index (κ2) is 6.49. The number of benzene rings is 2. The number of rotatable bonds is 3. The Labute approximate surface area is 122 Å². The van der Waals surface area contributed by atoms with Gasteiger partial charge in [0.15, 0.2) is 0 Å². The topological polar surface area (TPSA) is 52.9 Å². The Morgan fingerprint density at radius 2 is 1.52 bits per heavy atom. The number of halogens is 1. The van der Waals surface area contributed by atoms with Gasteiger partial charge in [-0.25, -0.2) is 4.39 Å². The molecule has 3 nitrogen and oxygen atoms in total. The van der Waals surface area contributed by atoms with Crippen molar-refractivity contribution in [3.63, 3.8) is 0 Å². The Kier molecular flexibility index (Phi) is 4.47. The molecule has 21 heavy (non-hydrogen) atoms. The van der Waals surface area contributed by atoms with Gasteiger partial charge in [0, 0.05) is 18.7 Å². The summed E-state index contributed by atoms with van der Waals surface area (Å²) >= 11 is 0. The van der Waals surface area contributed by atoms with Gasteiger partial charge in [-0.3, -0.25) is 4.79 Å². The molecule has 104 valence electrons. The summed E-state index contributed by atoms with van der Waals surface area (Å²) in [6, 6.07) is 14.8. The van der Waals surface area contributed by atoms with Gasteiger partial charge < -0.3 is 5.32 Å². The van der Waals surface area contributed by atoms with Crippen LogP contribution in [0.3, 0.4) is 0 Å². The number of hydrogen-bond acceptors (Lipinski definition) is 2. The van der Waals surface area contributed by atoms with Crippen LogP contribution in [0.4, 0.5) is 4.39 Å². The first-order valence-corrected chi connectivity index (χ1v) is 6.34. The highest BCUT2D eigenvalue weighted by molar-refractivity contribution is 5.94. The van der Waals surface area contributed by atoms with E-state index in [-0.39, 0.29) is 11.7 Å². The van der Waals surface area contributed by atoms with Crippen molar-refractivity contribution in [3.05, 3.63) is 77.1 Å². The lowest BCUT2D eigenvalue weighted by Gasteiger charge is -2.08. The second-order valence-electron chi connectivity index (χ2n) is 4.35. The van der Waals surface area contributed by atoms with Gasteiger partial charge in [-0.15, -0.1) is 0 Å². The van der Waals surface area contributed by atoms with Crippen molar-refractivity contribution in [3.8, 4) is 6.07 Å². The fraction of sp³-hybridized carbons (Fsp3) is 0.0588. The standard InChI is InChI=1S/C17H13FN2O/c1-20-17(21)14-4-2-12(3-5-14)16(10-11-19)13-6-8-15(18)9-7-13/h2-10H,1H3,(H,20,21)/b16-10-. The summed E-state index contributed by atoms with van der Waals surface area (Å²) in [4.78, 5) is 11.5. The van der Waals surface area contributed by atoms with Gasteiger partial charge in [-0.05, 0) is 41.0 Å². The Morgan fingerprint density at radius 3 is 2.00 bits per heavy atom. The molecule has 0 atom stereocenters. The SMILES string of the molecule is CNC(=O)c1ccc(/C(=C/C#N)c2ccc(F)cc2)cc1. The van der Waals surface area contributed by atoms with Gasteiger partial charge in [0.25, 0.3) is 5.91 Å². The van der Waals surface area contributed by atoms with Crippen molar-refractivity contribution in [2.75, 3.05) is 7.05 Å². The van der Waals surface area contributed by atoms with Crippen LogP contribution in [0, 0.1) is 17.1 Å². The van der Waals surface area contributed by atoms with E-state index in [0.29, 0.717) is 11.1 Å². The molecule has 0 aliphatic heterocycles. The molecule has 0 aromatic heterocycles. The molecule has 0 saturated heterocycles. The van der Waals surface area contributed by atoms with E-state index in [2.05, 4.69) is 5.32 Å². The van der Waals surface area contributed by atoms with Gasteiger partial charge in [-0.1, -0.05) is 24.3 Å². The van der Waals surface area contributed by atoms with Gasteiger partial charge in [0.05, 0.1) is 6.07 Å². The zero-order chi connectivity index (χ0) is 15.2. The Hall–Kier alpha value is -2.93. The highest BCUT2D eigenvalue weighted by atomic mass is 19.1. The lowest BCUT2D eigenvalue weighted by atomic mass is 9.96. The van der Waals surface area contributed by atoms with Crippen LogP contribution < -0.4 is 5.32 Å². The number of carbonyl (C=O) groups excluding carboxylic acids is 1. The molecule has 0 aliphatic rings. The zero-order valence-corrected chi connectivity index (χ0v) is 11.4. The van der Waals surface area contributed by atoms with Crippen molar-refractivity contribution >= 4 is 11.5 Å². The molecule has 0 saturated carbocycles. The number of nitrogens with zero attached hydrogens (tertiary/aromatic N) is 1. The van der Waals surface area contributed by atoms with Crippen molar-refractivity contribution in [2.45, 2.75) is 0 Å². The fourth-order valence-electron chi connectivity index (χ4n) is 1.97. The largest absolute Gasteiger partial charge is 0.355 e. The molecule has 2 aromatic carbocycles. The van der Waals surface area contributed by atoms with Gasteiger partial charge in [-0.2, -0.15) is 5.26 Å². The number of carbonyl (C=O) groups is 1. The lowest BCUT2D eigenvalue weighted by molar-refractivity contribution is 0.0963. The molecule has 0 bridgehead atoms. The van der Waals surface area contributed by atoms with E-state index in [0.717, 1.165) is 11.1 Å². The maximum absolute atomic E-state index is 13.0. The smallest absolute Gasteiger partial charge is 0.251 e. The molecule has 0 heterocycles. The second-order valence-corrected chi connectivity index (χ2v) is 4.35. The van der Waals surface area contributed by atoms with Crippen LogP contribution in [0.5, 0.6) is 0 Å². The molecular formula is C17H13FN2O. The minimum absolute atomic E-state index is 0.172. The molecule has 4 heteroatoms. The third-order valence-electron chi connectivity index (χ3n) is 3.05. The van der Waals surface area contributed by atoms with Crippen molar-refractivity contribution in [1.82, 2.24) is 5.32 Å². The van der Waals surface area contributed by atoms with Crippen LogP contribution in [0.1, 0.15) is 21.5 Å². The first-order chi connectivity index (χ1) is 10.2. The maximum Gasteiger partial charge on any atom is 0.251 e. The predicted molar refractivity (Wildman–Crippen MR) is 78.9 cm³/mol.